The van der Waals surface area contributed by atoms with E-state index in [9.17, 15) is 0 Å². The molecule has 0 aliphatic carbocycles. The maximum atomic E-state index is 5.60. The summed E-state index contributed by atoms with van der Waals surface area (Å²) >= 11 is 0. The summed E-state index contributed by atoms with van der Waals surface area (Å²) in [5.41, 5.74) is 7.61. The van der Waals surface area contributed by atoms with Crippen molar-refractivity contribution in [2.75, 3.05) is 18.0 Å². The second kappa shape index (κ2) is 6.43. The highest BCUT2D eigenvalue weighted by Crippen LogP contribution is 2.11. The molecule has 0 spiro atoms. The van der Waals surface area contributed by atoms with Crippen molar-refractivity contribution in [1.82, 2.24) is 9.97 Å². The highest BCUT2D eigenvalue weighted by molar-refractivity contribution is 5.32. The lowest BCUT2D eigenvalue weighted by Gasteiger charge is -2.21. The highest BCUT2D eigenvalue weighted by atomic mass is 15.2. The number of unbranched alkanes of at least 4 members (excludes halogenated alkanes) is 1. The summed E-state index contributed by atoms with van der Waals surface area (Å²) in [7, 11) is 0. The van der Waals surface area contributed by atoms with Crippen molar-refractivity contribution < 1.29 is 0 Å². The van der Waals surface area contributed by atoms with Gasteiger partial charge < -0.3 is 10.6 Å². The van der Waals surface area contributed by atoms with E-state index in [-0.39, 0.29) is 0 Å². The van der Waals surface area contributed by atoms with E-state index in [1.165, 1.54) is 12.8 Å². The van der Waals surface area contributed by atoms with E-state index in [1.807, 2.05) is 13.1 Å². The Morgan fingerprint density at radius 2 is 2.12 bits per heavy atom. The molecular weight excluding hydrogens is 200 g/mol. The zero-order valence-electron chi connectivity index (χ0n) is 10.5. The van der Waals surface area contributed by atoms with Crippen molar-refractivity contribution in [2.24, 2.45) is 5.73 Å². The van der Waals surface area contributed by atoms with Crippen LogP contribution < -0.4 is 10.6 Å². The van der Waals surface area contributed by atoms with Gasteiger partial charge in [0.1, 0.15) is 0 Å². The van der Waals surface area contributed by atoms with Crippen LogP contribution in [0.25, 0.3) is 0 Å². The Kier molecular flexibility index (Phi) is 5.19. The Bertz CT molecular complexity index is 325. The summed E-state index contributed by atoms with van der Waals surface area (Å²) in [5, 5.41) is 0. The van der Waals surface area contributed by atoms with E-state index >= 15 is 0 Å². The van der Waals surface area contributed by atoms with Gasteiger partial charge in [0.25, 0.3) is 0 Å². The van der Waals surface area contributed by atoms with Gasteiger partial charge in [0, 0.05) is 37.1 Å². The van der Waals surface area contributed by atoms with E-state index < -0.39 is 0 Å². The number of anilines is 1. The third kappa shape index (κ3) is 3.17. The van der Waals surface area contributed by atoms with Gasteiger partial charge in [-0.25, -0.2) is 9.97 Å². The first-order valence-electron chi connectivity index (χ1n) is 6.00. The van der Waals surface area contributed by atoms with Crippen LogP contribution in [0.4, 0.5) is 5.95 Å². The molecule has 0 aromatic carbocycles. The molecule has 0 saturated carbocycles. The molecule has 1 heterocycles. The molecule has 4 heteroatoms. The normalized spacial score (nSPS) is 10.5. The molecule has 0 unspecified atom stereocenters. The Balaban J connectivity index is 2.80. The zero-order chi connectivity index (χ0) is 12.0. The van der Waals surface area contributed by atoms with E-state index in [1.54, 1.807) is 0 Å². The molecule has 0 bridgehead atoms. The first-order chi connectivity index (χ1) is 7.72. The fraction of sp³-hybridized carbons (Fsp3) is 0.667. The second-order valence-corrected chi connectivity index (χ2v) is 3.92. The van der Waals surface area contributed by atoms with Gasteiger partial charge in [-0.15, -0.1) is 0 Å². The summed E-state index contributed by atoms with van der Waals surface area (Å²) in [4.78, 5) is 11.1. The van der Waals surface area contributed by atoms with Crippen LogP contribution in [0, 0.1) is 6.92 Å². The molecule has 0 radical (unpaired) electrons. The first kappa shape index (κ1) is 12.9. The Morgan fingerprint density at radius 3 is 2.62 bits per heavy atom. The average molecular weight is 222 g/mol. The van der Waals surface area contributed by atoms with Crippen LogP contribution in [0.3, 0.4) is 0 Å². The Hall–Kier alpha value is -1.16. The molecule has 2 N–H and O–H groups in total. The zero-order valence-corrected chi connectivity index (χ0v) is 10.5. The molecule has 0 atom stereocenters. The topological polar surface area (TPSA) is 55.0 Å². The van der Waals surface area contributed by atoms with Crippen LogP contribution in [0.2, 0.25) is 0 Å². The Morgan fingerprint density at radius 1 is 1.38 bits per heavy atom. The quantitative estimate of drug-likeness (QED) is 0.798. The number of nitrogens with two attached hydrogens (primary N) is 1. The van der Waals surface area contributed by atoms with Crippen LogP contribution in [0.5, 0.6) is 0 Å². The lowest BCUT2D eigenvalue weighted by atomic mass is 10.2. The number of rotatable bonds is 6. The summed E-state index contributed by atoms with van der Waals surface area (Å²) in [6.45, 7) is 8.78. The van der Waals surface area contributed by atoms with Crippen LogP contribution in [0.15, 0.2) is 6.20 Å². The van der Waals surface area contributed by atoms with Gasteiger partial charge in [-0.3, -0.25) is 0 Å². The van der Waals surface area contributed by atoms with Gasteiger partial charge in [-0.2, -0.15) is 0 Å². The predicted molar refractivity (Wildman–Crippen MR) is 67.5 cm³/mol. The van der Waals surface area contributed by atoms with Crippen LogP contribution in [0.1, 0.15) is 37.9 Å². The van der Waals surface area contributed by atoms with Crippen molar-refractivity contribution >= 4 is 5.95 Å². The molecule has 0 aliphatic heterocycles. The maximum Gasteiger partial charge on any atom is 0.225 e. The van der Waals surface area contributed by atoms with Crippen molar-refractivity contribution in [3.8, 4) is 0 Å². The van der Waals surface area contributed by atoms with Gasteiger partial charge in [-0.1, -0.05) is 13.3 Å². The van der Waals surface area contributed by atoms with Gasteiger partial charge in [0.05, 0.1) is 0 Å². The number of nitrogens with zero attached hydrogens (tertiary/aromatic N) is 3. The SMILES string of the molecule is CCCCN(CC)c1ncc(CN)c(C)n1. The minimum Gasteiger partial charge on any atom is -0.341 e. The molecular formula is C12H22N4. The fourth-order valence-corrected chi connectivity index (χ4v) is 1.58. The van der Waals surface area contributed by atoms with E-state index in [2.05, 4.69) is 28.7 Å². The molecule has 0 fully saturated rings. The molecule has 1 rings (SSSR count). The minimum atomic E-state index is 0.507. The average Bonchev–Trinajstić information content (AvgIpc) is 2.30. The number of aromatic nitrogens is 2. The van der Waals surface area contributed by atoms with Crippen LogP contribution in [-0.2, 0) is 6.54 Å². The minimum absolute atomic E-state index is 0.507. The molecule has 1 aromatic heterocycles. The van der Waals surface area contributed by atoms with E-state index in [4.69, 9.17) is 5.73 Å². The van der Waals surface area contributed by atoms with Gasteiger partial charge >= 0.3 is 0 Å². The summed E-state index contributed by atoms with van der Waals surface area (Å²) in [6, 6.07) is 0. The van der Waals surface area contributed by atoms with Crippen LogP contribution >= 0.6 is 0 Å². The van der Waals surface area contributed by atoms with E-state index in [0.717, 1.165) is 30.3 Å². The third-order valence-corrected chi connectivity index (χ3v) is 2.73. The smallest absolute Gasteiger partial charge is 0.225 e. The standard InChI is InChI=1S/C12H22N4/c1-4-6-7-16(5-2)12-14-9-11(8-13)10(3)15-12/h9H,4-8,13H2,1-3H3. The number of aryl methyl sites for hydroxylation is 1. The van der Waals surface area contributed by atoms with Crippen molar-refractivity contribution in [3.63, 3.8) is 0 Å². The summed E-state index contributed by atoms with van der Waals surface area (Å²) in [6.07, 6.45) is 4.21. The van der Waals surface area contributed by atoms with E-state index in [0.29, 0.717) is 6.54 Å². The van der Waals surface area contributed by atoms with Crippen molar-refractivity contribution in [1.29, 1.82) is 0 Å². The number of hydrogen-bond donors (Lipinski definition) is 1. The lowest BCUT2D eigenvalue weighted by Crippen LogP contribution is -2.26. The molecule has 0 amide bonds. The van der Waals surface area contributed by atoms with Crippen molar-refractivity contribution in [3.05, 3.63) is 17.5 Å². The van der Waals surface area contributed by atoms with Crippen LogP contribution in [-0.4, -0.2) is 23.1 Å². The molecule has 16 heavy (non-hydrogen) atoms. The van der Waals surface area contributed by atoms with Gasteiger partial charge in [0.15, 0.2) is 0 Å². The lowest BCUT2D eigenvalue weighted by molar-refractivity contribution is 0.710. The summed E-state index contributed by atoms with van der Waals surface area (Å²) < 4.78 is 0. The largest absolute Gasteiger partial charge is 0.341 e. The monoisotopic (exact) mass is 222 g/mol. The van der Waals surface area contributed by atoms with Gasteiger partial charge in [-0.05, 0) is 20.3 Å². The third-order valence-electron chi connectivity index (χ3n) is 2.73. The molecule has 1 aromatic rings. The molecule has 0 aliphatic rings. The number of hydrogen-bond acceptors (Lipinski definition) is 4. The highest BCUT2D eigenvalue weighted by Gasteiger charge is 2.08. The summed E-state index contributed by atoms with van der Waals surface area (Å²) in [5.74, 6) is 0.825. The van der Waals surface area contributed by atoms with Gasteiger partial charge in [0.2, 0.25) is 5.95 Å². The maximum absolute atomic E-state index is 5.60. The molecule has 0 saturated heterocycles. The second-order valence-electron chi connectivity index (χ2n) is 3.92. The first-order valence-corrected chi connectivity index (χ1v) is 6.00. The molecule has 90 valence electrons. The Labute approximate surface area is 97.9 Å². The predicted octanol–water partition coefficient (Wildman–Crippen LogP) is 1.87. The van der Waals surface area contributed by atoms with Crippen molar-refractivity contribution in [2.45, 2.75) is 40.2 Å². The fourth-order valence-electron chi connectivity index (χ4n) is 1.58. The molecule has 4 nitrogen and oxygen atoms in total.